The van der Waals surface area contributed by atoms with E-state index in [-0.39, 0.29) is 11.7 Å². The highest BCUT2D eigenvalue weighted by molar-refractivity contribution is 6.30. The van der Waals surface area contributed by atoms with Crippen molar-refractivity contribution >= 4 is 17.4 Å². The number of nitrogens with one attached hydrogen (secondary N) is 1. The van der Waals surface area contributed by atoms with Gasteiger partial charge in [-0.15, -0.1) is 11.6 Å². The van der Waals surface area contributed by atoms with E-state index in [0.29, 0.717) is 0 Å². The first-order valence-electron chi connectivity index (χ1n) is 3.82. The number of ketones is 1. The van der Waals surface area contributed by atoms with Gasteiger partial charge in [-0.3, -0.25) is 4.79 Å². The maximum atomic E-state index is 11.3. The molecule has 0 fully saturated rings. The van der Waals surface area contributed by atoms with Crippen LogP contribution >= 0.6 is 11.6 Å². The van der Waals surface area contributed by atoms with Gasteiger partial charge in [-0.2, -0.15) is 0 Å². The van der Waals surface area contributed by atoms with Gasteiger partial charge in [0.1, 0.15) is 0 Å². The Morgan fingerprint density at radius 3 is 2.25 bits per heavy atom. The van der Waals surface area contributed by atoms with Crippen molar-refractivity contribution in [2.24, 2.45) is 0 Å². The Morgan fingerprint density at radius 1 is 1.33 bits per heavy atom. The maximum Gasteiger partial charge on any atom is 0.179 e. The molecule has 0 saturated carbocycles. The fourth-order valence-corrected chi connectivity index (χ4v) is 1.52. The number of rotatable bonds is 2. The molecule has 0 atom stereocenters. The topological polar surface area (TPSA) is 32.9 Å². The molecule has 0 aliphatic rings. The second-order valence-electron chi connectivity index (χ2n) is 2.93. The predicted octanol–water partition coefficient (Wildman–Crippen LogP) is 2.36. The van der Waals surface area contributed by atoms with Crippen molar-refractivity contribution in [2.75, 3.05) is 5.88 Å². The molecule has 1 aromatic rings. The largest absolute Gasteiger partial charge is 0.362 e. The first-order valence-corrected chi connectivity index (χ1v) is 4.36. The van der Waals surface area contributed by atoms with Crippen molar-refractivity contribution in [3.63, 3.8) is 0 Å². The van der Waals surface area contributed by atoms with E-state index in [9.17, 15) is 4.79 Å². The highest BCUT2D eigenvalue weighted by Crippen LogP contribution is 2.17. The van der Waals surface area contributed by atoms with Gasteiger partial charge in [0.2, 0.25) is 0 Å². The normalized spacial score (nSPS) is 10.3. The summed E-state index contributed by atoms with van der Waals surface area (Å²) in [6, 6.07) is 0. The fourth-order valence-electron chi connectivity index (χ4n) is 1.39. The zero-order valence-electron chi connectivity index (χ0n) is 7.49. The lowest BCUT2D eigenvalue weighted by Gasteiger charge is -1.96. The van der Waals surface area contributed by atoms with Crippen LogP contribution in [0.3, 0.4) is 0 Å². The Hall–Kier alpha value is -0.760. The third kappa shape index (κ3) is 1.39. The van der Waals surface area contributed by atoms with E-state index >= 15 is 0 Å². The number of H-pyrrole nitrogens is 1. The van der Waals surface area contributed by atoms with Crippen LogP contribution in [-0.4, -0.2) is 16.6 Å². The Labute approximate surface area is 76.9 Å². The molecule has 0 aliphatic carbocycles. The van der Waals surface area contributed by atoms with Crippen molar-refractivity contribution in [1.82, 2.24) is 4.98 Å². The number of carbonyl (C=O) groups is 1. The standard InChI is InChI=1S/C9H12ClNO/c1-5-6(2)11-7(3)9(5)8(12)4-10/h11H,4H2,1-3H3. The van der Waals surface area contributed by atoms with Crippen LogP contribution in [-0.2, 0) is 0 Å². The molecule has 1 aromatic heterocycles. The quantitative estimate of drug-likeness (QED) is 0.557. The molecule has 0 spiro atoms. The van der Waals surface area contributed by atoms with Crippen LogP contribution in [0.25, 0.3) is 0 Å². The predicted molar refractivity (Wildman–Crippen MR) is 50.1 cm³/mol. The average Bonchev–Trinajstić information content (AvgIpc) is 2.26. The van der Waals surface area contributed by atoms with Crippen LogP contribution in [0.5, 0.6) is 0 Å². The number of aryl methyl sites for hydroxylation is 2. The molecule has 0 unspecified atom stereocenters. The van der Waals surface area contributed by atoms with Crippen LogP contribution in [0.4, 0.5) is 0 Å². The Kier molecular flexibility index (Phi) is 2.58. The number of aromatic amines is 1. The van der Waals surface area contributed by atoms with Crippen LogP contribution in [0.15, 0.2) is 0 Å². The van der Waals surface area contributed by atoms with Crippen molar-refractivity contribution in [3.05, 3.63) is 22.5 Å². The van der Waals surface area contributed by atoms with Gasteiger partial charge in [0, 0.05) is 17.0 Å². The number of alkyl halides is 1. The molecule has 0 saturated heterocycles. The zero-order chi connectivity index (χ0) is 9.30. The molecule has 1 heterocycles. The Balaban J connectivity index is 3.22. The van der Waals surface area contributed by atoms with Crippen LogP contribution in [0.1, 0.15) is 27.3 Å². The van der Waals surface area contributed by atoms with E-state index < -0.39 is 0 Å². The summed E-state index contributed by atoms with van der Waals surface area (Å²) in [7, 11) is 0. The van der Waals surface area contributed by atoms with Gasteiger partial charge in [0.15, 0.2) is 5.78 Å². The van der Waals surface area contributed by atoms with E-state index in [1.54, 1.807) is 0 Å². The molecule has 1 N–H and O–H groups in total. The summed E-state index contributed by atoms with van der Waals surface area (Å²) in [5.74, 6) is 0.0508. The molecule has 1 rings (SSSR count). The summed E-state index contributed by atoms with van der Waals surface area (Å²) >= 11 is 5.48. The van der Waals surface area contributed by atoms with Crippen LogP contribution < -0.4 is 0 Å². The number of carbonyl (C=O) groups excluding carboxylic acids is 1. The third-order valence-electron chi connectivity index (χ3n) is 2.09. The van der Waals surface area contributed by atoms with Gasteiger partial charge < -0.3 is 4.98 Å². The van der Waals surface area contributed by atoms with E-state index in [0.717, 1.165) is 22.5 Å². The Bertz CT molecular complexity index is 315. The van der Waals surface area contributed by atoms with Crippen molar-refractivity contribution < 1.29 is 4.79 Å². The minimum absolute atomic E-state index is 0.00369. The lowest BCUT2D eigenvalue weighted by atomic mass is 10.1. The summed E-state index contributed by atoms with van der Waals surface area (Å²) in [5, 5.41) is 0. The van der Waals surface area contributed by atoms with Crippen molar-refractivity contribution in [1.29, 1.82) is 0 Å². The molecule has 12 heavy (non-hydrogen) atoms. The Morgan fingerprint density at radius 2 is 1.92 bits per heavy atom. The number of Topliss-reactive ketones (excluding diaryl/α,β-unsaturated/α-hetero) is 1. The van der Waals surface area contributed by atoms with Gasteiger partial charge in [0.05, 0.1) is 5.88 Å². The summed E-state index contributed by atoms with van der Waals surface area (Å²) in [6.07, 6.45) is 0. The number of hydrogen-bond donors (Lipinski definition) is 1. The molecular formula is C9H12ClNO. The van der Waals surface area contributed by atoms with E-state index in [1.807, 2.05) is 20.8 Å². The molecule has 0 aromatic carbocycles. The minimum Gasteiger partial charge on any atom is -0.362 e. The number of aromatic nitrogens is 1. The van der Waals surface area contributed by atoms with Crippen LogP contribution in [0, 0.1) is 20.8 Å². The second kappa shape index (κ2) is 3.31. The highest BCUT2D eigenvalue weighted by atomic mass is 35.5. The summed E-state index contributed by atoms with van der Waals surface area (Å²) in [4.78, 5) is 14.4. The lowest BCUT2D eigenvalue weighted by molar-refractivity contribution is 0.102. The number of halogens is 1. The monoisotopic (exact) mass is 185 g/mol. The zero-order valence-corrected chi connectivity index (χ0v) is 8.25. The lowest BCUT2D eigenvalue weighted by Crippen LogP contribution is -2.02. The third-order valence-corrected chi connectivity index (χ3v) is 2.33. The van der Waals surface area contributed by atoms with Crippen molar-refractivity contribution in [3.8, 4) is 0 Å². The molecule has 66 valence electrons. The van der Waals surface area contributed by atoms with Gasteiger partial charge >= 0.3 is 0 Å². The van der Waals surface area contributed by atoms with Gasteiger partial charge in [-0.25, -0.2) is 0 Å². The summed E-state index contributed by atoms with van der Waals surface area (Å²) < 4.78 is 0. The molecule has 3 heteroatoms. The smallest absolute Gasteiger partial charge is 0.179 e. The van der Waals surface area contributed by atoms with E-state index in [2.05, 4.69) is 4.98 Å². The SMILES string of the molecule is Cc1[nH]c(C)c(C(=O)CCl)c1C. The molecule has 2 nitrogen and oxygen atoms in total. The van der Waals surface area contributed by atoms with E-state index in [1.165, 1.54) is 0 Å². The van der Waals surface area contributed by atoms with Crippen molar-refractivity contribution in [2.45, 2.75) is 20.8 Å². The molecule has 0 amide bonds. The second-order valence-corrected chi connectivity index (χ2v) is 3.20. The van der Waals surface area contributed by atoms with Gasteiger partial charge in [0.25, 0.3) is 0 Å². The number of hydrogen-bond acceptors (Lipinski definition) is 1. The van der Waals surface area contributed by atoms with E-state index in [4.69, 9.17) is 11.6 Å². The first kappa shape index (κ1) is 9.33. The maximum absolute atomic E-state index is 11.3. The average molecular weight is 186 g/mol. The molecule has 0 radical (unpaired) electrons. The fraction of sp³-hybridized carbons (Fsp3) is 0.444. The highest BCUT2D eigenvalue weighted by Gasteiger charge is 2.14. The van der Waals surface area contributed by atoms with Gasteiger partial charge in [-0.05, 0) is 26.3 Å². The summed E-state index contributed by atoms with van der Waals surface area (Å²) in [5.41, 5.74) is 3.72. The van der Waals surface area contributed by atoms with Gasteiger partial charge in [-0.1, -0.05) is 0 Å². The first-order chi connectivity index (χ1) is 5.57. The minimum atomic E-state index is -0.00369. The van der Waals surface area contributed by atoms with Crippen LogP contribution in [0.2, 0.25) is 0 Å². The molecule has 0 bridgehead atoms. The molecule has 0 aliphatic heterocycles. The summed E-state index contributed by atoms with van der Waals surface area (Å²) in [6.45, 7) is 5.77. The molecular weight excluding hydrogens is 174 g/mol.